The number of aromatic hydroxyl groups is 1. The summed E-state index contributed by atoms with van der Waals surface area (Å²) in [4.78, 5) is 24.3. The van der Waals surface area contributed by atoms with Crippen molar-refractivity contribution in [2.24, 2.45) is 0 Å². The highest BCUT2D eigenvalue weighted by Crippen LogP contribution is 2.33. The van der Waals surface area contributed by atoms with E-state index < -0.39 is 11.8 Å². The molecule has 0 bridgehead atoms. The maximum atomic E-state index is 11.7. The lowest BCUT2D eigenvalue weighted by Crippen LogP contribution is -2.30. The molecule has 0 fully saturated rings. The van der Waals surface area contributed by atoms with Crippen LogP contribution >= 0.6 is 0 Å². The number of hydrogen-bond donors (Lipinski definition) is 1. The van der Waals surface area contributed by atoms with Crippen molar-refractivity contribution >= 4 is 17.5 Å². The van der Waals surface area contributed by atoms with E-state index in [4.69, 9.17) is 4.74 Å². The number of phenols is 1. The summed E-state index contributed by atoms with van der Waals surface area (Å²) in [5, 5.41) is 9.48. The molecule has 1 N–H and O–H groups in total. The molecule has 100 valence electrons. The number of imide groups is 1. The van der Waals surface area contributed by atoms with Gasteiger partial charge < -0.3 is 9.84 Å². The van der Waals surface area contributed by atoms with Crippen molar-refractivity contribution in [2.45, 2.75) is 19.8 Å². The van der Waals surface area contributed by atoms with Crippen LogP contribution in [0.3, 0.4) is 0 Å². The quantitative estimate of drug-likeness (QED) is 0.650. The number of anilines is 1. The number of ether oxygens (including phenoxy) is 1. The van der Waals surface area contributed by atoms with Gasteiger partial charge in [0, 0.05) is 18.2 Å². The van der Waals surface area contributed by atoms with Gasteiger partial charge in [0.1, 0.15) is 11.5 Å². The van der Waals surface area contributed by atoms with Crippen molar-refractivity contribution in [3.8, 4) is 11.5 Å². The van der Waals surface area contributed by atoms with Gasteiger partial charge in [-0.1, -0.05) is 13.3 Å². The van der Waals surface area contributed by atoms with Crippen LogP contribution < -0.4 is 9.64 Å². The molecular weight excluding hydrogens is 246 g/mol. The Bertz CT molecular complexity index is 518. The van der Waals surface area contributed by atoms with Crippen LogP contribution in [0, 0.1) is 0 Å². The van der Waals surface area contributed by atoms with E-state index in [2.05, 4.69) is 0 Å². The fourth-order valence-corrected chi connectivity index (χ4v) is 1.77. The van der Waals surface area contributed by atoms with E-state index in [0.29, 0.717) is 18.0 Å². The lowest BCUT2D eigenvalue weighted by Gasteiger charge is -2.18. The smallest absolute Gasteiger partial charge is 0.258 e. The van der Waals surface area contributed by atoms with Crippen molar-refractivity contribution in [3.05, 3.63) is 30.4 Å². The van der Waals surface area contributed by atoms with Crippen molar-refractivity contribution in [1.82, 2.24) is 0 Å². The number of carbonyl (C=O) groups is 2. The molecule has 0 saturated carbocycles. The number of nitrogens with zero attached hydrogens (tertiary/aromatic N) is 1. The minimum atomic E-state index is -0.406. The SMILES string of the molecule is CCCCOc1cc(O)ccc1N1C(=O)C=CC1=O. The average Bonchev–Trinajstić information content (AvgIpc) is 2.70. The van der Waals surface area contributed by atoms with Crippen molar-refractivity contribution in [1.29, 1.82) is 0 Å². The van der Waals surface area contributed by atoms with Gasteiger partial charge in [0.15, 0.2) is 0 Å². The van der Waals surface area contributed by atoms with E-state index in [1.807, 2.05) is 6.92 Å². The molecule has 0 atom stereocenters. The largest absolute Gasteiger partial charge is 0.508 e. The normalized spacial score (nSPS) is 14.3. The van der Waals surface area contributed by atoms with Crippen molar-refractivity contribution < 1.29 is 19.4 Å². The van der Waals surface area contributed by atoms with Gasteiger partial charge in [0.25, 0.3) is 11.8 Å². The molecule has 1 heterocycles. The predicted octanol–water partition coefficient (Wildman–Crippen LogP) is 2.00. The average molecular weight is 261 g/mol. The summed E-state index contributed by atoms with van der Waals surface area (Å²) in [5.74, 6) is -0.451. The van der Waals surface area contributed by atoms with Gasteiger partial charge in [0.05, 0.1) is 12.3 Å². The molecule has 0 unspecified atom stereocenters. The summed E-state index contributed by atoms with van der Waals surface area (Å²) in [7, 11) is 0. The highest BCUT2D eigenvalue weighted by atomic mass is 16.5. The number of amides is 2. The van der Waals surface area contributed by atoms with Crippen molar-refractivity contribution in [3.63, 3.8) is 0 Å². The molecule has 0 spiro atoms. The molecule has 2 rings (SSSR count). The highest BCUT2D eigenvalue weighted by Gasteiger charge is 2.27. The summed E-state index contributed by atoms with van der Waals surface area (Å²) in [5.41, 5.74) is 0.355. The standard InChI is InChI=1S/C14H15NO4/c1-2-3-8-19-12-9-10(16)4-5-11(12)15-13(17)6-7-14(15)18/h4-7,9,16H,2-3,8H2,1H3. The van der Waals surface area contributed by atoms with Crippen LogP contribution in [0.5, 0.6) is 11.5 Å². The Kier molecular flexibility index (Phi) is 3.85. The second kappa shape index (κ2) is 5.56. The Labute approximate surface area is 111 Å². The second-order valence-electron chi connectivity index (χ2n) is 4.20. The first-order valence-corrected chi connectivity index (χ1v) is 6.15. The second-order valence-corrected chi connectivity index (χ2v) is 4.20. The zero-order valence-electron chi connectivity index (χ0n) is 10.6. The van der Waals surface area contributed by atoms with E-state index >= 15 is 0 Å². The van der Waals surface area contributed by atoms with Gasteiger partial charge in [-0.3, -0.25) is 9.59 Å². The van der Waals surface area contributed by atoms with E-state index in [1.165, 1.54) is 30.4 Å². The van der Waals surface area contributed by atoms with Gasteiger partial charge in [0.2, 0.25) is 0 Å². The first-order chi connectivity index (χ1) is 9.13. The lowest BCUT2D eigenvalue weighted by molar-refractivity contribution is -0.120. The van der Waals surface area contributed by atoms with Gasteiger partial charge >= 0.3 is 0 Å². The molecule has 5 heteroatoms. The topological polar surface area (TPSA) is 66.8 Å². The molecule has 1 aromatic carbocycles. The first-order valence-electron chi connectivity index (χ1n) is 6.15. The summed E-state index contributed by atoms with van der Waals surface area (Å²) in [6.07, 6.45) is 4.25. The van der Waals surface area contributed by atoms with Crippen LogP contribution in [-0.2, 0) is 9.59 Å². The molecule has 0 saturated heterocycles. The van der Waals surface area contributed by atoms with E-state index in [9.17, 15) is 14.7 Å². The third-order valence-corrected chi connectivity index (χ3v) is 2.75. The number of phenolic OH excluding ortho intramolecular Hbond substituents is 1. The summed E-state index contributed by atoms with van der Waals surface area (Å²) >= 11 is 0. The molecule has 19 heavy (non-hydrogen) atoms. The minimum Gasteiger partial charge on any atom is -0.508 e. The lowest BCUT2D eigenvalue weighted by atomic mass is 10.2. The van der Waals surface area contributed by atoms with Crippen LogP contribution in [0.1, 0.15) is 19.8 Å². The monoisotopic (exact) mass is 261 g/mol. The van der Waals surface area contributed by atoms with Crippen LogP contribution in [0.15, 0.2) is 30.4 Å². The molecule has 0 aliphatic carbocycles. The molecule has 5 nitrogen and oxygen atoms in total. The number of unbranched alkanes of at least 4 members (excludes halogenated alkanes) is 1. The van der Waals surface area contributed by atoms with Crippen LogP contribution in [-0.4, -0.2) is 23.5 Å². The Morgan fingerprint density at radius 3 is 2.53 bits per heavy atom. The molecular formula is C14H15NO4. The minimum absolute atomic E-state index is 0.0299. The zero-order valence-corrected chi connectivity index (χ0v) is 10.6. The summed E-state index contributed by atoms with van der Waals surface area (Å²) < 4.78 is 5.53. The van der Waals surface area contributed by atoms with Gasteiger partial charge in [-0.15, -0.1) is 0 Å². The molecule has 0 radical (unpaired) electrons. The van der Waals surface area contributed by atoms with E-state index in [0.717, 1.165) is 17.7 Å². The third-order valence-electron chi connectivity index (χ3n) is 2.75. The summed E-state index contributed by atoms with van der Waals surface area (Å²) in [6, 6.07) is 4.32. The van der Waals surface area contributed by atoms with Gasteiger partial charge in [-0.2, -0.15) is 0 Å². The maximum Gasteiger partial charge on any atom is 0.258 e. The molecule has 1 aromatic rings. The summed E-state index contributed by atoms with van der Waals surface area (Å²) in [6.45, 7) is 2.50. The zero-order chi connectivity index (χ0) is 13.8. The fourth-order valence-electron chi connectivity index (χ4n) is 1.77. The molecule has 0 aromatic heterocycles. The molecule has 1 aliphatic heterocycles. The fraction of sp³-hybridized carbons (Fsp3) is 0.286. The van der Waals surface area contributed by atoms with Crippen LogP contribution in [0.4, 0.5) is 5.69 Å². The third kappa shape index (κ3) is 2.76. The Balaban J connectivity index is 2.29. The van der Waals surface area contributed by atoms with Crippen LogP contribution in [0.25, 0.3) is 0 Å². The predicted molar refractivity (Wildman–Crippen MR) is 70.1 cm³/mol. The van der Waals surface area contributed by atoms with E-state index in [1.54, 1.807) is 0 Å². The molecule has 1 aliphatic rings. The number of hydrogen-bond acceptors (Lipinski definition) is 4. The Morgan fingerprint density at radius 1 is 1.21 bits per heavy atom. The first kappa shape index (κ1) is 13.1. The maximum absolute atomic E-state index is 11.7. The Morgan fingerprint density at radius 2 is 1.89 bits per heavy atom. The van der Waals surface area contributed by atoms with Crippen LogP contribution in [0.2, 0.25) is 0 Å². The van der Waals surface area contributed by atoms with Gasteiger partial charge in [-0.05, 0) is 18.6 Å². The molecule has 2 amide bonds. The Hall–Kier alpha value is -2.30. The number of benzene rings is 1. The van der Waals surface area contributed by atoms with Gasteiger partial charge in [-0.25, -0.2) is 4.90 Å². The van der Waals surface area contributed by atoms with Crippen molar-refractivity contribution in [2.75, 3.05) is 11.5 Å². The van der Waals surface area contributed by atoms with E-state index in [-0.39, 0.29) is 5.75 Å². The number of rotatable bonds is 5. The number of carbonyl (C=O) groups excluding carboxylic acids is 2. The highest BCUT2D eigenvalue weighted by molar-refractivity contribution is 6.28.